The second-order valence-electron chi connectivity index (χ2n) is 4.00. The molecule has 0 aliphatic heterocycles. The predicted molar refractivity (Wildman–Crippen MR) is 69.1 cm³/mol. The molecule has 0 saturated heterocycles. The third kappa shape index (κ3) is 2.68. The van der Waals surface area contributed by atoms with E-state index in [1.54, 1.807) is 19.2 Å². The highest BCUT2D eigenvalue weighted by Crippen LogP contribution is 2.25. The van der Waals surface area contributed by atoms with Crippen molar-refractivity contribution in [2.24, 2.45) is 0 Å². The summed E-state index contributed by atoms with van der Waals surface area (Å²) in [5, 5.41) is 10.3. The molecule has 0 saturated carbocycles. The third-order valence-electron chi connectivity index (χ3n) is 2.74. The van der Waals surface area contributed by atoms with Crippen molar-refractivity contribution in [3.8, 4) is 11.3 Å². The first kappa shape index (κ1) is 12.6. The molecule has 0 radical (unpaired) electrons. The Hall–Kier alpha value is -1.88. The van der Waals surface area contributed by atoms with Crippen LogP contribution in [0.5, 0.6) is 0 Å². The average Bonchev–Trinajstić information content (AvgIpc) is 2.73. The van der Waals surface area contributed by atoms with Gasteiger partial charge in [0.05, 0.1) is 12.3 Å². The first-order valence-electron chi connectivity index (χ1n) is 5.76. The molecule has 0 aliphatic rings. The number of aromatic nitrogens is 2. The molecule has 1 aromatic heterocycles. The number of nitrogens with zero attached hydrogens (tertiary/aromatic N) is 1. The lowest BCUT2D eigenvalue weighted by Gasteiger charge is -2.03. The Bertz CT molecular complexity index is 507. The quantitative estimate of drug-likeness (QED) is 0.801. The second kappa shape index (κ2) is 5.64. The molecule has 2 rings (SSSR count). The van der Waals surface area contributed by atoms with Gasteiger partial charge in [-0.1, -0.05) is 0 Å². The minimum Gasteiger partial charge on any atom is -0.383 e. The van der Waals surface area contributed by atoms with Gasteiger partial charge in [-0.3, -0.25) is 5.10 Å². The maximum Gasteiger partial charge on any atom is 0.151 e. The van der Waals surface area contributed by atoms with Crippen LogP contribution in [0.2, 0.25) is 0 Å². The van der Waals surface area contributed by atoms with Crippen molar-refractivity contribution < 1.29 is 9.13 Å². The molecule has 0 fully saturated rings. The Kier molecular flexibility index (Phi) is 3.94. The molecule has 0 spiro atoms. The summed E-state index contributed by atoms with van der Waals surface area (Å²) in [6.45, 7) is 3.29. The van der Waals surface area contributed by atoms with E-state index >= 15 is 0 Å². The predicted octanol–water partition coefficient (Wildman–Crippen LogP) is 2.58. The highest BCUT2D eigenvalue weighted by atomic mass is 19.1. The average molecular weight is 249 g/mol. The molecule has 2 aromatic rings. The van der Waals surface area contributed by atoms with E-state index < -0.39 is 0 Å². The van der Waals surface area contributed by atoms with Gasteiger partial charge in [0.15, 0.2) is 5.82 Å². The summed E-state index contributed by atoms with van der Waals surface area (Å²) in [6, 6.07) is 6.34. The van der Waals surface area contributed by atoms with E-state index in [1.807, 2.05) is 6.92 Å². The van der Waals surface area contributed by atoms with Crippen LogP contribution in [0.15, 0.2) is 24.3 Å². The second-order valence-corrected chi connectivity index (χ2v) is 4.00. The Morgan fingerprint density at radius 3 is 2.72 bits per heavy atom. The number of ether oxygens (including phenoxy) is 1. The molecular formula is C13H16FN3O. The van der Waals surface area contributed by atoms with E-state index in [-0.39, 0.29) is 5.82 Å². The topological polar surface area (TPSA) is 49.9 Å². The minimum absolute atomic E-state index is 0.241. The lowest BCUT2D eigenvalue weighted by atomic mass is 10.1. The molecule has 96 valence electrons. The summed E-state index contributed by atoms with van der Waals surface area (Å²) in [7, 11) is 1.66. The van der Waals surface area contributed by atoms with Crippen LogP contribution in [0, 0.1) is 12.7 Å². The monoisotopic (exact) mass is 249 g/mol. The third-order valence-corrected chi connectivity index (χ3v) is 2.74. The number of methoxy groups -OCH3 is 1. The summed E-state index contributed by atoms with van der Waals surface area (Å²) in [5.74, 6) is 0.556. The Morgan fingerprint density at radius 2 is 2.06 bits per heavy atom. The van der Waals surface area contributed by atoms with Gasteiger partial charge in [-0.2, -0.15) is 5.10 Å². The van der Waals surface area contributed by atoms with E-state index in [0.717, 1.165) is 22.6 Å². The lowest BCUT2D eigenvalue weighted by molar-refractivity contribution is 0.210. The van der Waals surface area contributed by atoms with Crippen LogP contribution in [-0.2, 0) is 4.74 Å². The Labute approximate surface area is 105 Å². The summed E-state index contributed by atoms with van der Waals surface area (Å²) in [5.41, 5.74) is 2.83. The van der Waals surface area contributed by atoms with Gasteiger partial charge in [-0.05, 0) is 31.2 Å². The summed E-state index contributed by atoms with van der Waals surface area (Å²) >= 11 is 0. The number of aromatic amines is 1. The van der Waals surface area contributed by atoms with E-state index in [0.29, 0.717) is 13.2 Å². The number of H-pyrrole nitrogens is 1. The smallest absolute Gasteiger partial charge is 0.151 e. The number of halogens is 1. The van der Waals surface area contributed by atoms with Crippen molar-refractivity contribution in [2.75, 3.05) is 25.6 Å². The van der Waals surface area contributed by atoms with E-state index in [4.69, 9.17) is 4.74 Å². The Balaban J connectivity index is 2.17. The van der Waals surface area contributed by atoms with Crippen LogP contribution in [0.3, 0.4) is 0 Å². The number of nitrogens with one attached hydrogen (secondary N) is 2. The molecule has 4 nitrogen and oxygen atoms in total. The fourth-order valence-electron chi connectivity index (χ4n) is 1.74. The first-order chi connectivity index (χ1) is 8.72. The molecule has 1 aromatic carbocycles. The zero-order valence-electron chi connectivity index (χ0n) is 10.5. The highest BCUT2D eigenvalue weighted by Gasteiger charge is 2.10. The number of anilines is 1. The van der Waals surface area contributed by atoms with Gasteiger partial charge in [0.1, 0.15) is 5.82 Å². The van der Waals surface area contributed by atoms with E-state index in [2.05, 4.69) is 15.5 Å². The SMILES string of the molecule is COCCNc1n[nH]c(-c2ccc(F)cc2)c1C. The van der Waals surface area contributed by atoms with Crippen molar-refractivity contribution in [1.29, 1.82) is 0 Å². The molecular weight excluding hydrogens is 233 g/mol. The van der Waals surface area contributed by atoms with Gasteiger partial charge in [0.2, 0.25) is 0 Å². The van der Waals surface area contributed by atoms with E-state index in [9.17, 15) is 4.39 Å². The molecule has 0 unspecified atom stereocenters. The number of benzene rings is 1. The van der Waals surface area contributed by atoms with Gasteiger partial charge in [-0.25, -0.2) is 4.39 Å². The van der Waals surface area contributed by atoms with Crippen molar-refractivity contribution in [3.05, 3.63) is 35.6 Å². The summed E-state index contributed by atoms with van der Waals surface area (Å²) < 4.78 is 17.8. The zero-order valence-corrected chi connectivity index (χ0v) is 10.5. The standard InChI is InChI=1S/C13H16FN3O/c1-9-12(10-3-5-11(14)6-4-10)16-17-13(9)15-7-8-18-2/h3-6H,7-8H2,1-2H3,(H2,15,16,17). The van der Waals surface area contributed by atoms with Gasteiger partial charge in [-0.15, -0.1) is 0 Å². The maximum absolute atomic E-state index is 12.9. The van der Waals surface area contributed by atoms with Crippen LogP contribution in [0.25, 0.3) is 11.3 Å². The normalized spacial score (nSPS) is 10.6. The molecule has 2 N–H and O–H groups in total. The summed E-state index contributed by atoms with van der Waals surface area (Å²) in [4.78, 5) is 0. The van der Waals surface area contributed by atoms with E-state index in [1.165, 1.54) is 12.1 Å². The molecule has 5 heteroatoms. The number of hydrogen-bond acceptors (Lipinski definition) is 3. The lowest BCUT2D eigenvalue weighted by Crippen LogP contribution is -2.08. The van der Waals surface area contributed by atoms with Crippen LogP contribution < -0.4 is 5.32 Å². The minimum atomic E-state index is -0.241. The van der Waals surface area contributed by atoms with Gasteiger partial charge in [0.25, 0.3) is 0 Å². The molecule has 1 heterocycles. The summed E-state index contributed by atoms with van der Waals surface area (Å²) in [6.07, 6.45) is 0. The van der Waals surface area contributed by atoms with Crippen molar-refractivity contribution >= 4 is 5.82 Å². The van der Waals surface area contributed by atoms with Crippen molar-refractivity contribution in [2.45, 2.75) is 6.92 Å². The molecule has 18 heavy (non-hydrogen) atoms. The van der Waals surface area contributed by atoms with Crippen molar-refractivity contribution in [1.82, 2.24) is 10.2 Å². The molecule has 0 bridgehead atoms. The number of hydrogen-bond donors (Lipinski definition) is 2. The van der Waals surface area contributed by atoms with Gasteiger partial charge in [0, 0.05) is 24.8 Å². The first-order valence-corrected chi connectivity index (χ1v) is 5.76. The number of rotatable bonds is 5. The largest absolute Gasteiger partial charge is 0.383 e. The molecule has 0 amide bonds. The molecule has 0 aliphatic carbocycles. The van der Waals surface area contributed by atoms with Crippen LogP contribution >= 0.6 is 0 Å². The van der Waals surface area contributed by atoms with Crippen molar-refractivity contribution in [3.63, 3.8) is 0 Å². The molecule has 0 atom stereocenters. The Morgan fingerprint density at radius 1 is 1.33 bits per heavy atom. The fourth-order valence-corrected chi connectivity index (χ4v) is 1.74. The van der Waals surface area contributed by atoms with Crippen LogP contribution in [0.1, 0.15) is 5.56 Å². The van der Waals surface area contributed by atoms with Crippen LogP contribution in [0.4, 0.5) is 10.2 Å². The van der Waals surface area contributed by atoms with Gasteiger partial charge >= 0.3 is 0 Å². The fraction of sp³-hybridized carbons (Fsp3) is 0.308. The highest BCUT2D eigenvalue weighted by molar-refractivity contribution is 5.68. The maximum atomic E-state index is 12.9. The zero-order chi connectivity index (χ0) is 13.0. The van der Waals surface area contributed by atoms with Gasteiger partial charge < -0.3 is 10.1 Å². The van der Waals surface area contributed by atoms with Crippen LogP contribution in [-0.4, -0.2) is 30.5 Å².